The number of benzene rings is 5. The average Bonchev–Trinajstić information content (AvgIpc) is 2.72. The lowest BCUT2D eigenvalue weighted by Crippen LogP contribution is -1.89. The average molecular weight is 330 g/mol. The van der Waals surface area contributed by atoms with Crippen LogP contribution < -0.4 is 0 Å². The molecule has 0 saturated heterocycles. The fraction of sp³-hybridized carbons (Fsp3) is 0. The normalized spacial score (nSPS) is 11.1. The van der Waals surface area contributed by atoms with Gasteiger partial charge in [0.2, 0.25) is 0 Å². The zero-order valence-electron chi connectivity index (χ0n) is 14.4. The van der Waals surface area contributed by atoms with Gasteiger partial charge in [0.25, 0.3) is 0 Å². The molecule has 0 heteroatoms. The van der Waals surface area contributed by atoms with E-state index in [4.69, 9.17) is 0 Å². The molecule has 122 valence electrons. The predicted molar refractivity (Wildman–Crippen MR) is 112 cm³/mol. The van der Waals surface area contributed by atoms with Gasteiger partial charge >= 0.3 is 0 Å². The van der Waals surface area contributed by atoms with E-state index in [0.717, 1.165) is 0 Å². The first-order chi connectivity index (χ1) is 12.9. The van der Waals surface area contributed by atoms with Crippen molar-refractivity contribution in [3.8, 4) is 22.3 Å². The Kier molecular flexibility index (Phi) is 3.54. The largest absolute Gasteiger partial charge is 0.0622 e. The number of rotatable bonds is 2. The molecule has 0 saturated carbocycles. The van der Waals surface area contributed by atoms with Crippen LogP contribution in [0.2, 0.25) is 0 Å². The highest BCUT2D eigenvalue weighted by Gasteiger charge is 2.13. The van der Waals surface area contributed by atoms with Crippen molar-refractivity contribution in [3.63, 3.8) is 0 Å². The van der Waals surface area contributed by atoms with E-state index in [0.29, 0.717) is 0 Å². The molecule has 0 radical (unpaired) electrons. The molecule has 0 aromatic heterocycles. The Morgan fingerprint density at radius 1 is 0.385 bits per heavy atom. The summed E-state index contributed by atoms with van der Waals surface area (Å²) in [5.74, 6) is 0. The van der Waals surface area contributed by atoms with Crippen LogP contribution >= 0.6 is 0 Å². The second kappa shape index (κ2) is 6.16. The smallest absolute Gasteiger partial charge is 0.00206 e. The van der Waals surface area contributed by atoms with Crippen LogP contribution in [0.25, 0.3) is 43.8 Å². The van der Waals surface area contributed by atoms with Gasteiger partial charge in [0.05, 0.1) is 0 Å². The summed E-state index contributed by atoms with van der Waals surface area (Å²) in [5.41, 5.74) is 5.12. The highest BCUT2D eigenvalue weighted by atomic mass is 14.2. The van der Waals surface area contributed by atoms with E-state index in [9.17, 15) is 0 Å². The van der Waals surface area contributed by atoms with Crippen molar-refractivity contribution in [1.82, 2.24) is 0 Å². The molecule has 0 unspecified atom stereocenters. The first kappa shape index (κ1) is 14.9. The van der Waals surface area contributed by atoms with Gasteiger partial charge in [-0.1, -0.05) is 103 Å². The maximum atomic E-state index is 2.29. The summed E-state index contributed by atoms with van der Waals surface area (Å²) in [6, 6.07) is 39.0. The van der Waals surface area contributed by atoms with Crippen LogP contribution in [0.5, 0.6) is 0 Å². The first-order valence-electron chi connectivity index (χ1n) is 8.97. The van der Waals surface area contributed by atoms with Crippen molar-refractivity contribution in [2.24, 2.45) is 0 Å². The highest BCUT2D eigenvalue weighted by Crippen LogP contribution is 2.40. The minimum absolute atomic E-state index is 1.25. The lowest BCUT2D eigenvalue weighted by molar-refractivity contribution is 1.61. The van der Waals surface area contributed by atoms with Crippen molar-refractivity contribution >= 4 is 21.5 Å². The molecular weight excluding hydrogens is 312 g/mol. The second-order valence-electron chi connectivity index (χ2n) is 6.61. The van der Waals surface area contributed by atoms with E-state index in [-0.39, 0.29) is 0 Å². The van der Waals surface area contributed by atoms with E-state index in [1.54, 1.807) is 0 Å². The Morgan fingerprint density at radius 3 is 1.54 bits per heavy atom. The predicted octanol–water partition coefficient (Wildman–Crippen LogP) is 7.33. The maximum Gasteiger partial charge on any atom is -0.00206 e. The fourth-order valence-corrected chi connectivity index (χ4v) is 3.87. The molecule has 0 nitrogen and oxygen atoms in total. The third-order valence-electron chi connectivity index (χ3n) is 5.05. The van der Waals surface area contributed by atoms with Crippen LogP contribution in [-0.4, -0.2) is 0 Å². The minimum atomic E-state index is 1.25. The van der Waals surface area contributed by atoms with Gasteiger partial charge in [0.15, 0.2) is 0 Å². The molecule has 0 aliphatic rings. The summed E-state index contributed by atoms with van der Waals surface area (Å²) < 4.78 is 0. The summed E-state index contributed by atoms with van der Waals surface area (Å²) >= 11 is 0. The molecule has 26 heavy (non-hydrogen) atoms. The van der Waals surface area contributed by atoms with Gasteiger partial charge in [-0.2, -0.15) is 0 Å². The Hall–Kier alpha value is -3.38. The van der Waals surface area contributed by atoms with Crippen molar-refractivity contribution < 1.29 is 0 Å². The zero-order chi connectivity index (χ0) is 17.3. The van der Waals surface area contributed by atoms with Gasteiger partial charge in [-0.3, -0.25) is 0 Å². The van der Waals surface area contributed by atoms with Crippen LogP contribution in [0.4, 0.5) is 0 Å². The zero-order valence-corrected chi connectivity index (χ0v) is 14.4. The van der Waals surface area contributed by atoms with E-state index in [2.05, 4.69) is 109 Å². The van der Waals surface area contributed by atoms with Crippen molar-refractivity contribution in [2.75, 3.05) is 0 Å². The van der Waals surface area contributed by atoms with Gasteiger partial charge in [-0.25, -0.2) is 0 Å². The van der Waals surface area contributed by atoms with Crippen LogP contribution in [-0.2, 0) is 0 Å². The fourth-order valence-electron chi connectivity index (χ4n) is 3.87. The van der Waals surface area contributed by atoms with E-state index in [1.807, 2.05) is 0 Å². The number of hydrogen-bond donors (Lipinski definition) is 0. The van der Waals surface area contributed by atoms with Crippen LogP contribution in [0.3, 0.4) is 0 Å². The first-order valence-corrected chi connectivity index (χ1v) is 8.97. The highest BCUT2D eigenvalue weighted by molar-refractivity contribution is 6.14. The van der Waals surface area contributed by atoms with Gasteiger partial charge in [0.1, 0.15) is 0 Å². The molecule has 0 aliphatic heterocycles. The van der Waals surface area contributed by atoms with Gasteiger partial charge in [0, 0.05) is 0 Å². The maximum absolute atomic E-state index is 2.29. The molecule has 0 bridgehead atoms. The van der Waals surface area contributed by atoms with Crippen molar-refractivity contribution in [3.05, 3.63) is 109 Å². The molecule has 5 rings (SSSR count). The lowest BCUT2D eigenvalue weighted by atomic mass is 9.88. The summed E-state index contributed by atoms with van der Waals surface area (Å²) in [4.78, 5) is 0. The number of fused-ring (bicyclic) bond motifs is 2. The molecule has 5 aromatic rings. The third-order valence-corrected chi connectivity index (χ3v) is 5.05. The Morgan fingerprint density at radius 2 is 0.885 bits per heavy atom. The topological polar surface area (TPSA) is 0 Å². The molecule has 0 N–H and O–H groups in total. The van der Waals surface area contributed by atoms with Gasteiger partial charge in [-0.05, 0) is 49.9 Å². The third kappa shape index (κ3) is 2.39. The molecule has 0 amide bonds. The Balaban J connectivity index is 1.94. The van der Waals surface area contributed by atoms with E-state index in [1.165, 1.54) is 43.8 Å². The number of hydrogen-bond acceptors (Lipinski definition) is 0. The summed E-state index contributed by atoms with van der Waals surface area (Å²) in [6.45, 7) is 0. The van der Waals surface area contributed by atoms with Gasteiger partial charge in [-0.15, -0.1) is 0 Å². The summed E-state index contributed by atoms with van der Waals surface area (Å²) in [7, 11) is 0. The lowest BCUT2D eigenvalue weighted by Gasteiger charge is -2.16. The molecule has 0 spiro atoms. The van der Waals surface area contributed by atoms with E-state index < -0.39 is 0 Å². The standard InChI is InChI=1S/C26H18/c1-2-10-19(11-3-1)22-14-8-9-17-25(22)26-23-15-6-4-12-20(23)18-21-13-5-7-16-24(21)26/h1-18H. The molecular formula is C26H18. The van der Waals surface area contributed by atoms with Crippen LogP contribution in [0, 0.1) is 0 Å². The Labute approximate surface area is 153 Å². The van der Waals surface area contributed by atoms with Crippen molar-refractivity contribution in [2.45, 2.75) is 0 Å². The quantitative estimate of drug-likeness (QED) is 0.297. The van der Waals surface area contributed by atoms with Crippen molar-refractivity contribution in [1.29, 1.82) is 0 Å². The SMILES string of the molecule is c1ccc(-c2ccccc2-c2c3ccccc3cc3ccccc23)cc1. The molecule has 0 fully saturated rings. The Bertz CT molecular complexity index is 1160. The van der Waals surface area contributed by atoms with Crippen LogP contribution in [0.15, 0.2) is 109 Å². The second-order valence-corrected chi connectivity index (χ2v) is 6.61. The molecule has 0 atom stereocenters. The molecule has 0 heterocycles. The monoisotopic (exact) mass is 330 g/mol. The molecule has 5 aromatic carbocycles. The van der Waals surface area contributed by atoms with Gasteiger partial charge < -0.3 is 0 Å². The minimum Gasteiger partial charge on any atom is -0.0622 e. The molecule has 0 aliphatic carbocycles. The van der Waals surface area contributed by atoms with Crippen LogP contribution in [0.1, 0.15) is 0 Å². The summed E-state index contributed by atoms with van der Waals surface area (Å²) in [5, 5.41) is 5.16. The summed E-state index contributed by atoms with van der Waals surface area (Å²) in [6.07, 6.45) is 0. The van der Waals surface area contributed by atoms with E-state index >= 15 is 0 Å².